The molecule has 6 nitrogen and oxygen atoms in total. The first-order valence-electron chi connectivity index (χ1n) is 6.59. The van der Waals surface area contributed by atoms with Crippen molar-refractivity contribution in [3.05, 3.63) is 24.3 Å². The Morgan fingerprint density at radius 1 is 1.25 bits per heavy atom. The van der Waals surface area contributed by atoms with Crippen molar-refractivity contribution in [1.82, 2.24) is 15.3 Å². The fraction of sp³-hybridized carbons (Fsp3) is 0.357. The molecule has 1 amide bonds. The monoisotopic (exact) mass is 273 g/mol. The highest BCUT2D eigenvalue weighted by Gasteiger charge is 2.15. The van der Waals surface area contributed by atoms with Crippen molar-refractivity contribution < 1.29 is 4.79 Å². The minimum absolute atomic E-state index is 0.0412. The van der Waals surface area contributed by atoms with Gasteiger partial charge in [0.25, 0.3) is 0 Å². The van der Waals surface area contributed by atoms with Gasteiger partial charge in [0.2, 0.25) is 11.9 Å². The lowest BCUT2D eigenvalue weighted by atomic mass is 10.2. The number of aromatic nitrogens is 2. The number of rotatable bonds is 5. The Bertz CT molecular complexity index is 614. The second kappa shape index (κ2) is 6.18. The van der Waals surface area contributed by atoms with Crippen LogP contribution in [0.1, 0.15) is 6.92 Å². The van der Waals surface area contributed by atoms with Crippen LogP contribution in [0.5, 0.6) is 0 Å². The van der Waals surface area contributed by atoms with E-state index < -0.39 is 0 Å². The quantitative estimate of drug-likeness (QED) is 0.858. The maximum atomic E-state index is 11.6. The van der Waals surface area contributed by atoms with Gasteiger partial charge in [-0.05, 0) is 19.1 Å². The molecule has 1 heterocycles. The van der Waals surface area contributed by atoms with Gasteiger partial charge in [0.05, 0.1) is 12.1 Å². The molecule has 1 aromatic carbocycles. The van der Waals surface area contributed by atoms with Gasteiger partial charge in [-0.15, -0.1) is 0 Å². The molecular weight excluding hydrogens is 254 g/mol. The number of benzene rings is 1. The zero-order valence-corrected chi connectivity index (χ0v) is 12.0. The number of likely N-dealkylation sites (N-methyl/N-ethyl adjacent to an activating group) is 2. The molecule has 0 aliphatic carbocycles. The van der Waals surface area contributed by atoms with E-state index in [0.29, 0.717) is 12.5 Å². The zero-order chi connectivity index (χ0) is 14.5. The average Bonchev–Trinajstić information content (AvgIpc) is 2.51. The molecule has 106 valence electrons. The molecule has 0 saturated carbocycles. The van der Waals surface area contributed by atoms with Gasteiger partial charge in [0, 0.05) is 26.0 Å². The predicted octanol–water partition coefficient (Wildman–Crippen LogP) is 1.24. The van der Waals surface area contributed by atoms with E-state index in [1.165, 1.54) is 0 Å². The Morgan fingerprint density at radius 2 is 2.00 bits per heavy atom. The third-order valence-electron chi connectivity index (χ3n) is 3.10. The fourth-order valence-electron chi connectivity index (χ4n) is 2.00. The molecule has 20 heavy (non-hydrogen) atoms. The second-order valence-corrected chi connectivity index (χ2v) is 4.33. The average molecular weight is 273 g/mol. The van der Waals surface area contributed by atoms with Crippen LogP contribution in [0.15, 0.2) is 24.3 Å². The van der Waals surface area contributed by atoms with Gasteiger partial charge in [0.15, 0.2) is 0 Å². The van der Waals surface area contributed by atoms with Gasteiger partial charge in [-0.3, -0.25) is 4.79 Å². The highest BCUT2D eigenvalue weighted by atomic mass is 16.1. The van der Waals surface area contributed by atoms with E-state index in [1.807, 2.05) is 36.1 Å². The van der Waals surface area contributed by atoms with Gasteiger partial charge in [-0.25, -0.2) is 4.98 Å². The Morgan fingerprint density at radius 3 is 2.65 bits per heavy atom. The van der Waals surface area contributed by atoms with E-state index in [2.05, 4.69) is 20.6 Å². The van der Waals surface area contributed by atoms with Crippen molar-refractivity contribution in [1.29, 1.82) is 0 Å². The van der Waals surface area contributed by atoms with E-state index in [0.717, 1.165) is 16.7 Å². The first kappa shape index (κ1) is 14.0. The third kappa shape index (κ3) is 2.79. The molecule has 0 saturated heterocycles. The van der Waals surface area contributed by atoms with E-state index in [9.17, 15) is 4.79 Å². The molecule has 2 N–H and O–H groups in total. The second-order valence-electron chi connectivity index (χ2n) is 4.33. The smallest absolute Gasteiger partial charge is 0.239 e. The summed E-state index contributed by atoms with van der Waals surface area (Å²) in [6.45, 7) is 2.97. The van der Waals surface area contributed by atoms with Crippen molar-refractivity contribution >= 4 is 28.6 Å². The molecule has 0 atom stereocenters. The van der Waals surface area contributed by atoms with Crippen LogP contribution in [0.4, 0.5) is 11.8 Å². The van der Waals surface area contributed by atoms with Crippen molar-refractivity contribution in [2.24, 2.45) is 0 Å². The summed E-state index contributed by atoms with van der Waals surface area (Å²) < 4.78 is 0. The van der Waals surface area contributed by atoms with Crippen LogP contribution in [-0.4, -0.2) is 43.1 Å². The van der Waals surface area contributed by atoms with Gasteiger partial charge in [0.1, 0.15) is 5.82 Å². The Hall–Kier alpha value is -2.37. The van der Waals surface area contributed by atoms with E-state index in [-0.39, 0.29) is 12.5 Å². The van der Waals surface area contributed by atoms with Gasteiger partial charge in [-0.2, -0.15) is 4.98 Å². The Labute approximate surface area is 118 Å². The number of carbonyl (C=O) groups excluding carboxylic acids is 1. The first-order chi connectivity index (χ1) is 9.69. The predicted molar refractivity (Wildman–Crippen MR) is 81.0 cm³/mol. The summed E-state index contributed by atoms with van der Waals surface area (Å²) in [6, 6.07) is 7.79. The van der Waals surface area contributed by atoms with Crippen molar-refractivity contribution in [3.63, 3.8) is 0 Å². The number of carbonyl (C=O) groups is 1. The maximum absolute atomic E-state index is 11.6. The summed E-state index contributed by atoms with van der Waals surface area (Å²) in [5.74, 6) is 1.28. The minimum Gasteiger partial charge on any atom is -0.358 e. The maximum Gasteiger partial charge on any atom is 0.239 e. The molecule has 0 radical (unpaired) electrons. The van der Waals surface area contributed by atoms with Crippen LogP contribution < -0.4 is 15.5 Å². The summed E-state index contributed by atoms with van der Waals surface area (Å²) in [6.07, 6.45) is 0. The highest BCUT2D eigenvalue weighted by Crippen LogP contribution is 2.24. The van der Waals surface area contributed by atoms with Crippen molar-refractivity contribution in [2.45, 2.75) is 6.92 Å². The highest BCUT2D eigenvalue weighted by molar-refractivity contribution is 5.92. The summed E-state index contributed by atoms with van der Waals surface area (Å²) in [5.41, 5.74) is 0.859. The van der Waals surface area contributed by atoms with Gasteiger partial charge in [-0.1, -0.05) is 12.1 Å². The van der Waals surface area contributed by atoms with Gasteiger partial charge < -0.3 is 15.5 Å². The molecule has 0 bridgehead atoms. The van der Waals surface area contributed by atoms with Gasteiger partial charge >= 0.3 is 0 Å². The van der Waals surface area contributed by atoms with Crippen molar-refractivity contribution in [3.8, 4) is 0 Å². The molecular formula is C14H19N5O. The Balaban J connectivity index is 2.52. The van der Waals surface area contributed by atoms with Crippen LogP contribution >= 0.6 is 0 Å². The van der Waals surface area contributed by atoms with Crippen LogP contribution in [0.25, 0.3) is 10.9 Å². The topological polar surface area (TPSA) is 70.2 Å². The van der Waals surface area contributed by atoms with Crippen LogP contribution in [0.2, 0.25) is 0 Å². The molecule has 0 spiro atoms. The third-order valence-corrected chi connectivity index (χ3v) is 3.10. The number of nitrogens with zero attached hydrogens (tertiary/aromatic N) is 3. The number of para-hydroxylation sites is 1. The number of amides is 1. The molecule has 1 aromatic heterocycles. The summed E-state index contributed by atoms with van der Waals surface area (Å²) in [5, 5.41) is 6.53. The largest absolute Gasteiger partial charge is 0.358 e. The van der Waals surface area contributed by atoms with E-state index in [1.54, 1.807) is 14.1 Å². The van der Waals surface area contributed by atoms with Crippen LogP contribution in [-0.2, 0) is 4.79 Å². The first-order valence-corrected chi connectivity index (χ1v) is 6.59. The molecule has 2 aromatic rings. The summed E-state index contributed by atoms with van der Waals surface area (Å²) in [7, 11) is 3.41. The molecule has 6 heteroatoms. The van der Waals surface area contributed by atoms with Crippen molar-refractivity contribution in [2.75, 3.05) is 37.4 Å². The number of nitrogens with one attached hydrogen (secondary N) is 2. The SMILES string of the molecule is CCN(CC(=O)NC)c1nc(NC)nc2ccccc12. The summed E-state index contributed by atoms with van der Waals surface area (Å²) in [4.78, 5) is 22.5. The molecule has 2 rings (SSSR count). The van der Waals surface area contributed by atoms with E-state index in [4.69, 9.17) is 0 Å². The summed E-state index contributed by atoms with van der Waals surface area (Å²) >= 11 is 0. The lowest BCUT2D eigenvalue weighted by Gasteiger charge is -2.22. The van der Waals surface area contributed by atoms with Crippen LogP contribution in [0.3, 0.4) is 0 Å². The molecule has 0 aliphatic rings. The number of hydrogen-bond donors (Lipinski definition) is 2. The number of hydrogen-bond acceptors (Lipinski definition) is 5. The minimum atomic E-state index is -0.0412. The number of fused-ring (bicyclic) bond motifs is 1. The standard InChI is InChI=1S/C14H19N5O/c1-4-19(9-12(20)15-2)13-10-7-5-6-8-11(10)17-14(16-3)18-13/h5-8H,4,9H2,1-3H3,(H,15,20)(H,16,17,18). The normalized spacial score (nSPS) is 10.3. The molecule has 0 fully saturated rings. The fourth-order valence-corrected chi connectivity index (χ4v) is 2.00. The lowest BCUT2D eigenvalue weighted by Crippen LogP contribution is -2.36. The van der Waals surface area contributed by atoms with E-state index >= 15 is 0 Å². The lowest BCUT2D eigenvalue weighted by molar-refractivity contribution is -0.119. The molecule has 0 unspecified atom stereocenters. The van der Waals surface area contributed by atoms with Crippen LogP contribution in [0, 0.1) is 0 Å². The zero-order valence-electron chi connectivity index (χ0n) is 12.0. The molecule has 0 aliphatic heterocycles. The Kier molecular flexibility index (Phi) is 4.34. The number of anilines is 2.